The zero-order valence-electron chi connectivity index (χ0n) is 11.9. The quantitative estimate of drug-likeness (QED) is 0.851. The van der Waals surface area contributed by atoms with Gasteiger partial charge in [0.25, 0.3) is 5.91 Å². The number of amides is 1. The van der Waals surface area contributed by atoms with Gasteiger partial charge in [-0.2, -0.15) is 0 Å². The summed E-state index contributed by atoms with van der Waals surface area (Å²) in [5.41, 5.74) is 0. The van der Waals surface area contributed by atoms with Crippen molar-refractivity contribution in [3.05, 3.63) is 21.9 Å². The Morgan fingerprint density at radius 3 is 3.05 bits per heavy atom. The van der Waals surface area contributed by atoms with Gasteiger partial charge in [-0.05, 0) is 37.3 Å². The predicted octanol–water partition coefficient (Wildman–Crippen LogP) is 2.74. The Balaban J connectivity index is 2.01. The normalized spacial score (nSPS) is 19.1. The Morgan fingerprint density at radius 2 is 2.30 bits per heavy atom. The van der Waals surface area contributed by atoms with Crippen LogP contribution in [-0.2, 0) is 0 Å². The van der Waals surface area contributed by atoms with Crippen molar-refractivity contribution in [1.29, 1.82) is 0 Å². The number of rotatable bonds is 2. The van der Waals surface area contributed by atoms with E-state index in [0.29, 0.717) is 0 Å². The van der Waals surface area contributed by atoms with Gasteiger partial charge in [0.05, 0.1) is 9.75 Å². The summed E-state index contributed by atoms with van der Waals surface area (Å²) in [6, 6.07) is 3.70. The number of nitrogens with zero attached hydrogens (tertiary/aromatic N) is 1. The first kappa shape index (κ1) is 15.1. The van der Waals surface area contributed by atoms with Crippen LogP contribution in [0.5, 0.6) is 0 Å². The first-order valence-corrected chi connectivity index (χ1v) is 8.05. The Labute approximate surface area is 124 Å². The third kappa shape index (κ3) is 3.84. The predicted molar refractivity (Wildman–Crippen MR) is 81.8 cm³/mol. The number of aliphatic hydroxyl groups is 1. The van der Waals surface area contributed by atoms with Crippen LogP contribution < -0.4 is 0 Å². The lowest BCUT2D eigenvalue weighted by molar-refractivity contribution is 0.0765. The Hall–Kier alpha value is -1.31. The van der Waals surface area contributed by atoms with Gasteiger partial charge in [-0.3, -0.25) is 4.79 Å². The van der Waals surface area contributed by atoms with E-state index in [1.165, 1.54) is 24.2 Å². The lowest BCUT2D eigenvalue weighted by atomic mass is 9.98. The van der Waals surface area contributed by atoms with Crippen LogP contribution in [0.2, 0.25) is 0 Å². The van der Waals surface area contributed by atoms with Crippen LogP contribution in [0.4, 0.5) is 0 Å². The van der Waals surface area contributed by atoms with Crippen molar-refractivity contribution in [2.45, 2.75) is 32.6 Å². The summed E-state index contributed by atoms with van der Waals surface area (Å²) in [6.45, 7) is 3.82. The van der Waals surface area contributed by atoms with E-state index in [1.54, 1.807) is 0 Å². The molecule has 0 saturated carbocycles. The van der Waals surface area contributed by atoms with Gasteiger partial charge in [0.15, 0.2) is 0 Å². The molecule has 0 radical (unpaired) electrons. The van der Waals surface area contributed by atoms with Gasteiger partial charge in [-0.15, -0.1) is 11.3 Å². The molecule has 108 valence electrons. The minimum atomic E-state index is -0.147. The fourth-order valence-electron chi connectivity index (χ4n) is 2.58. The van der Waals surface area contributed by atoms with Crippen molar-refractivity contribution >= 4 is 17.2 Å². The van der Waals surface area contributed by atoms with E-state index in [-0.39, 0.29) is 12.5 Å². The molecule has 4 heteroatoms. The Kier molecular flexibility index (Phi) is 5.63. The fraction of sp³-hybridized carbons (Fsp3) is 0.562. The molecule has 1 saturated heterocycles. The maximum Gasteiger partial charge on any atom is 0.263 e. The molecule has 1 aromatic rings. The summed E-state index contributed by atoms with van der Waals surface area (Å²) >= 11 is 1.41. The Morgan fingerprint density at radius 1 is 1.45 bits per heavy atom. The highest BCUT2D eigenvalue weighted by Crippen LogP contribution is 2.23. The second-order valence-electron chi connectivity index (χ2n) is 5.12. The molecule has 1 N–H and O–H groups in total. The highest BCUT2D eigenvalue weighted by atomic mass is 32.1. The molecule has 0 aliphatic carbocycles. The average Bonchev–Trinajstić information content (AvgIpc) is 2.81. The number of carbonyl (C=O) groups excluding carboxylic acids is 1. The third-order valence-corrected chi connectivity index (χ3v) is 4.81. The fourth-order valence-corrected chi connectivity index (χ4v) is 3.43. The van der Waals surface area contributed by atoms with Crippen LogP contribution in [0, 0.1) is 17.8 Å². The van der Waals surface area contributed by atoms with Crippen LogP contribution >= 0.6 is 11.3 Å². The molecule has 0 aromatic carbocycles. The molecule has 1 aliphatic rings. The minimum absolute atomic E-state index is 0.129. The lowest BCUT2D eigenvalue weighted by Crippen LogP contribution is -2.31. The minimum Gasteiger partial charge on any atom is -0.384 e. The molecular weight excluding hydrogens is 270 g/mol. The summed E-state index contributed by atoms with van der Waals surface area (Å²) in [5.74, 6) is 6.35. The van der Waals surface area contributed by atoms with Gasteiger partial charge < -0.3 is 10.0 Å². The zero-order valence-corrected chi connectivity index (χ0v) is 12.7. The topological polar surface area (TPSA) is 40.5 Å². The van der Waals surface area contributed by atoms with Crippen LogP contribution in [0.1, 0.15) is 47.2 Å². The average molecular weight is 291 g/mol. The molecule has 2 rings (SSSR count). The molecule has 0 spiro atoms. The van der Waals surface area contributed by atoms with Crippen molar-refractivity contribution in [3.8, 4) is 11.8 Å². The number of hydrogen-bond acceptors (Lipinski definition) is 3. The molecular formula is C16H21NO2S. The van der Waals surface area contributed by atoms with Gasteiger partial charge in [-0.25, -0.2) is 0 Å². The van der Waals surface area contributed by atoms with E-state index in [1.807, 2.05) is 17.0 Å². The molecule has 1 unspecified atom stereocenters. The molecule has 1 amide bonds. The summed E-state index contributed by atoms with van der Waals surface area (Å²) in [6.07, 6.45) is 4.66. The standard InChI is InChI=1S/C16H21NO2S/c1-2-13-5-3-10-17(11-9-13)16(19)15-8-7-14(20-15)6-4-12-18/h7-8,13,18H,2-3,5,9-12H2,1H3. The van der Waals surface area contributed by atoms with Crippen molar-refractivity contribution in [2.24, 2.45) is 5.92 Å². The van der Waals surface area contributed by atoms with Crippen molar-refractivity contribution in [3.63, 3.8) is 0 Å². The van der Waals surface area contributed by atoms with Gasteiger partial charge in [-0.1, -0.05) is 25.2 Å². The number of thiophene rings is 1. The molecule has 2 heterocycles. The smallest absolute Gasteiger partial charge is 0.263 e. The molecule has 20 heavy (non-hydrogen) atoms. The second kappa shape index (κ2) is 7.47. The van der Waals surface area contributed by atoms with Crippen LogP contribution in [0.3, 0.4) is 0 Å². The van der Waals surface area contributed by atoms with Gasteiger partial charge in [0, 0.05) is 13.1 Å². The highest BCUT2D eigenvalue weighted by Gasteiger charge is 2.21. The molecule has 3 nitrogen and oxygen atoms in total. The van der Waals surface area contributed by atoms with Crippen LogP contribution in [-0.4, -0.2) is 35.6 Å². The first-order valence-electron chi connectivity index (χ1n) is 7.23. The molecule has 1 atom stereocenters. The number of carbonyl (C=O) groups is 1. The van der Waals surface area contributed by atoms with E-state index in [4.69, 9.17) is 5.11 Å². The van der Waals surface area contributed by atoms with Gasteiger partial charge in [0.1, 0.15) is 6.61 Å². The maximum atomic E-state index is 12.5. The molecule has 1 fully saturated rings. The van der Waals surface area contributed by atoms with E-state index >= 15 is 0 Å². The van der Waals surface area contributed by atoms with Crippen LogP contribution in [0.25, 0.3) is 0 Å². The maximum absolute atomic E-state index is 12.5. The summed E-state index contributed by atoms with van der Waals surface area (Å²) in [5, 5.41) is 8.68. The van der Waals surface area contributed by atoms with E-state index in [0.717, 1.165) is 41.6 Å². The highest BCUT2D eigenvalue weighted by molar-refractivity contribution is 7.14. The van der Waals surface area contributed by atoms with E-state index in [2.05, 4.69) is 18.8 Å². The summed E-state index contributed by atoms with van der Waals surface area (Å²) < 4.78 is 0. The largest absolute Gasteiger partial charge is 0.384 e. The third-order valence-electron chi connectivity index (χ3n) is 3.82. The monoisotopic (exact) mass is 291 g/mol. The number of hydrogen-bond donors (Lipinski definition) is 1. The van der Waals surface area contributed by atoms with Crippen molar-refractivity contribution < 1.29 is 9.90 Å². The summed E-state index contributed by atoms with van der Waals surface area (Å²) in [7, 11) is 0. The zero-order chi connectivity index (χ0) is 14.4. The Bertz CT molecular complexity index is 512. The van der Waals surface area contributed by atoms with Gasteiger partial charge >= 0.3 is 0 Å². The number of aliphatic hydroxyl groups excluding tert-OH is 1. The second-order valence-corrected chi connectivity index (χ2v) is 6.20. The van der Waals surface area contributed by atoms with Crippen molar-refractivity contribution in [2.75, 3.05) is 19.7 Å². The molecule has 1 aromatic heterocycles. The van der Waals surface area contributed by atoms with E-state index in [9.17, 15) is 4.79 Å². The van der Waals surface area contributed by atoms with Crippen molar-refractivity contribution in [1.82, 2.24) is 4.90 Å². The number of likely N-dealkylation sites (tertiary alicyclic amines) is 1. The molecule has 0 bridgehead atoms. The molecule has 1 aliphatic heterocycles. The summed E-state index contributed by atoms with van der Waals surface area (Å²) in [4.78, 5) is 16.0. The van der Waals surface area contributed by atoms with Crippen LogP contribution in [0.15, 0.2) is 12.1 Å². The van der Waals surface area contributed by atoms with Gasteiger partial charge in [0.2, 0.25) is 0 Å². The lowest BCUT2D eigenvalue weighted by Gasteiger charge is -2.19. The SMILES string of the molecule is CCC1CCCN(C(=O)c2ccc(C#CCO)s2)CC1. The van der Waals surface area contributed by atoms with E-state index < -0.39 is 0 Å². The first-order chi connectivity index (χ1) is 9.74.